The van der Waals surface area contributed by atoms with Gasteiger partial charge in [-0.05, 0) is 29.7 Å². The van der Waals surface area contributed by atoms with Gasteiger partial charge in [-0.25, -0.2) is 4.98 Å². The van der Waals surface area contributed by atoms with Crippen LogP contribution in [0.3, 0.4) is 0 Å². The molecule has 0 saturated heterocycles. The zero-order valence-corrected chi connectivity index (χ0v) is 13.9. The molecule has 1 aliphatic rings. The van der Waals surface area contributed by atoms with Crippen LogP contribution in [0.2, 0.25) is 0 Å². The van der Waals surface area contributed by atoms with E-state index in [0.717, 1.165) is 43.1 Å². The van der Waals surface area contributed by atoms with E-state index in [4.69, 9.17) is 9.47 Å². The highest BCUT2D eigenvalue weighted by atomic mass is 16.5. The average molecular weight is 324 g/mol. The molecule has 0 unspecified atom stereocenters. The van der Waals surface area contributed by atoms with Crippen LogP contribution in [-0.2, 0) is 19.5 Å². The van der Waals surface area contributed by atoms with Gasteiger partial charge >= 0.3 is 0 Å². The summed E-state index contributed by atoms with van der Waals surface area (Å²) in [5.74, 6) is 2.50. The average Bonchev–Trinajstić information content (AvgIpc) is 3.02. The molecule has 0 fully saturated rings. The van der Waals surface area contributed by atoms with Crippen LogP contribution in [0, 0.1) is 0 Å². The minimum absolute atomic E-state index is 0.583. The molecule has 0 amide bonds. The van der Waals surface area contributed by atoms with Crippen LogP contribution >= 0.6 is 0 Å². The summed E-state index contributed by atoms with van der Waals surface area (Å²) in [6.45, 7) is 2.66. The van der Waals surface area contributed by atoms with Crippen LogP contribution < -0.4 is 9.47 Å². The zero-order valence-electron chi connectivity index (χ0n) is 13.9. The number of hydrogen-bond donors (Lipinski definition) is 1. The van der Waals surface area contributed by atoms with Crippen molar-refractivity contribution >= 4 is 11.2 Å². The Bertz CT molecular complexity index is 875. The zero-order chi connectivity index (χ0) is 16.5. The lowest BCUT2D eigenvalue weighted by atomic mass is 9.99. The van der Waals surface area contributed by atoms with E-state index in [1.54, 1.807) is 14.2 Å². The minimum atomic E-state index is 0.583. The Morgan fingerprint density at radius 3 is 2.88 bits per heavy atom. The predicted octanol–water partition coefficient (Wildman–Crippen LogP) is 2.53. The minimum Gasteiger partial charge on any atom is -0.496 e. The molecule has 3 heterocycles. The molecule has 2 aromatic heterocycles. The summed E-state index contributed by atoms with van der Waals surface area (Å²) < 4.78 is 10.6. The second-order valence-corrected chi connectivity index (χ2v) is 5.97. The van der Waals surface area contributed by atoms with Crippen LogP contribution in [-0.4, -0.2) is 40.6 Å². The summed E-state index contributed by atoms with van der Waals surface area (Å²) in [6.07, 6.45) is 0.992. The number of pyridine rings is 1. The third-order valence-corrected chi connectivity index (χ3v) is 4.47. The highest BCUT2D eigenvalue weighted by Gasteiger charge is 2.20. The third-order valence-electron chi connectivity index (χ3n) is 4.47. The number of nitrogens with zero attached hydrogens (tertiary/aromatic N) is 3. The highest BCUT2D eigenvalue weighted by molar-refractivity contribution is 5.71. The van der Waals surface area contributed by atoms with Gasteiger partial charge in [0, 0.05) is 19.2 Å². The maximum absolute atomic E-state index is 5.47. The lowest BCUT2D eigenvalue weighted by Gasteiger charge is -2.28. The topological polar surface area (TPSA) is 63.3 Å². The fourth-order valence-corrected chi connectivity index (χ4v) is 3.28. The first-order chi connectivity index (χ1) is 11.8. The summed E-state index contributed by atoms with van der Waals surface area (Å²) in [5, 5.41) is 0. The molecule has 0 aliphatic carbocycles. The smallest absolute Gasteiger partial charge is 0.215 e. The fourth-order valence-electron chi connectivity index (χ4n) is 3.28. The lowest BCUT2D eigenvalue weighted by Crippen LogP contribution is -2.30. The maximum Gasteiger partial charge on any atom is 0.215 e. The molecule has 1 aromatic carbocycles. The Balaban J connectivity index is 1.54. The number of benzene rings is 1. The van der Waals surface area contributed by atoms with E-state index < -0.39 is 0 Å². The Kier molecular flexibility index (Phi) is 3.82. The molecule has 3 aromatic rings. The number of aromatic nitrogens is 3. The Hall–Kier alpha value is -2.60. The molecule has 1 N–H and O–H groups in total. The summed E-state index contributed by atoms with van der Waals surface area (Å²) >= 11 is 0. The van der Waals surface area contributed by atoms with Gasteiger partial charge in [-0.15, -0.1) is 0 Å². The molecular formula is C18H20N4O2. The molecule has 0 spiro atoms. The first-order valence-electron chi connectivity index (χ1n) is 8.03. The number of nitrogens with one attached hydrogen (secondary N) is 1. The number of ether oxygens (including phenoxy) is 2. The first-order valence-corrected chi connectivity index (χ1v) is 8.03. The largest absolute Gasteiger partial charge is 0.496 e. The molecule has 0 bridgehead atoms. The molecule has 0 atom stereocenters. The summed E-state index contributed by atoms with van der Waals surface area (Å²) in [5.41, 5.74) is 4.29. The number of rotatable bonds is 4. The van der Waals surface area contributed by atoms with Crippen molar-refractivity contribution in [3.8, 4) is 11.6 Å². The van der Waals surface area contributed by atoms with Crippen LogP contribution in [0.15, 0.2) is 30.3 Å². The molecule has 24 heavy (non-hydrogen) atoms. The van der Waals surface area contributed by atoms with Crippen molar-refractivity contribution < 1.29 is 9.47 Å². The van der Waals surface area contributed by atoms with Crippen molar-refractivity contribution in [3.05, 3.63) is 47.3 Å². The highest BCUT2D eigenvalue weighted by Crippen LogP contribution is 2.28. The standard InChI is InChI=1S/C18H20N4O2/c1-23-15-5-3-4-12-10-22(9-8-13(12)15)11-16-19-14-6-7-17(24-2)21-18(14)20-16/h3-7H,8-11H2,1-2H3,(H,19,20,21). The van der Waals surface area contributed by atoms with Gasteiger partial charge in [-0.1, -0.05) is 12.1 Å². The number of aromatic amines is 1. The van der Waals surface area contributed by atoms with Crippen molar-refractivity contribution in [2.45, 2.75) is 19.5 Å². The molecule has 6 nitrogen and oxygen atoms in total. The normalized spacial score (nSPS) is 14.6. The number of fused-ring (bicyclic) bond motifs is 2. The quantitative estimate of drug-likeness (QED) is 0.799. The summed E-state index contributed by atoms with van der Waals surface area (Å²) in [4.78, 5) is 14.7. The van der Waals surface area contributed by atoms with Gasteiger partial charge in [0.25, 0.3) is 0 Å². The van der Waals surface area contributed by atoms with Crippen LogP contribution in [0.1, 0.15) is 17.0 Å². The Labute approximate surface area is 140 Å². The van der Waals surface area contributed by atoms with E-state index >= 15 is 0 Å². The van der Waals surface area contributed by atoms with E-state index in [2.05, 4.69) is 32.0 Å². The van der Waals surface area contributed by atoms with E-state index in [-0.39, 0.29) is 0 Å². The molecule has 6 heteroatoms. The molecular weight excluding hydrogens is 304 g/mol. The molecule has 0 saturated carbocycles. The second kappa shape index (κ2) is 6.13. The van der Waals surface area contributed by atoms with Crippen molar-refractivity contribution in [3.63, 3.8) is 0 Å². The lowest BCUT2D eigenvalue weighted by molar-refractivity contribution is 0.237. The van der Waals surface area contributed by atoms with E-state index in [1.807, 2.05) is 18.2 Å². The van der Waals surface area contributed by atoms with Crippen molar-refractivity contribution in [2.24, 2.45) is 0 Å². The Morgan fingerprint density at radius 2 is 2.04 bits per heavy atom. The van der Waals surface area contributed by atoms with Gasteiger partial charge in [0.1, 0.15) is 11.6 Å². The second-order valence-electron chi connectivity index (χ2n) is 5.97. The van der Waals surface area contributed by atoms with Crippen LogP contribution in [0.4, 0.5) is 0 Å². The van der Waals surface area contributed by atoms with Gasteiger partial charge < -0.3 is 14.5 Å². The fraction of sp³-hybridized carbons (Fsp3) is 0.333. The first kappa shape index (κ1) is 15.0. The van der Waals surface area contributed by atoms with E-state index in [9.17, 15) is 0 Å². The van der Waals surface area contributed by atoms with Crippen molar-refractivity contribution in [1.29, 1.82) is 0 Å². The van der Waals surface area contributed by atoms with E-state index in [1.165, 1.54) is 11.1 Å². The number of H-pyrrole nitrogens is 1. The Morgan fingerprint density at radius 1 is 1.12 bits per heavy atom. The molecule has 1 aliphatic heterocycles. The summed E-state index contributed by atoms with van der Waals surface area (Å²) in [7, 11) is 3.35. The number of hydrogen-bond acceptors (Lipinski definition) is 5. The third kappa shape index (κ3) is 2.69. The SMILES string of the molecule is COc1ccc2[nH]c(CN3CCc4c(cccc4OC)C3)nc2n1. The van der Waals surface area contributed by atoms with Crippen LogP contribution in [0.25, 0.3) is 11.2 Å². The molecule has 0 radical (unpaired) electrons. The van der Waals surface area contributed by atoms with Gasteiger partial charge in [-0.2, -0.15) is 4.98 Å². The van der Waals surface area contributed by atoms with E-state index in [0.29, 0.717) is 11.5 Å². The summed E-state index contributed by atoms with van der Waals surface area (Å²) in [6, 6.07) is 10.1. The molecule has 4 rings (SSSR count). The van der Waals surface area contributed by atoms with Gasteiger partial charge in [0.2, 0.25) is 5.88 Å². The van der Waals surface area contributed by atoms with Gasteiger partial charge in [-0.3, -0.25) is 4.90 Å². The van der Waals surface area contributed by atoms with Gasteiger partial charge in [0.05, 0.1) is 26.3 Å². The van der Waals surface area contributed by atoms with Crippen molar-refractivity contribution in [2.75, 3.05) is 20.8 Å². The maximum atomic E-state index is 5.47. The molecule has 124 valence electrons. The number of methoxy groups -OCH3 is 2. The van der Waals surface area contributed by atoms with Crippen molar-refractivity contribution in [1.82, 2.24) is 19.9 Å². The van der Waals surface area contributed by atoms with Crippen LogP contribution in [0.5, 0.6) is 11.6 Å². The van der Waals surface area contributed by atoms with Gasteiger partial charge in [0.15, 0.2) is 5.65 Å². The predicted molar refractivity (Wildman–Crippen MR) is 91.3 cm³/mol. The monoisotopic (exact) mass is 324 g/mol. The number of imidazole rings is 1.